The van der Waals surface area contributed by atoms with Gasteiger partial charge in [-0.3, -0.25) is 4.79 Å². The number of hydrogen-bond acceptors (Lipinski definition) is 4. The maximum Gasteiger partial charge on any atom is 0.279 e. The number of carbonyl (C=O) groups excluding carboxylic acids is 1. The molecular formula is C26H27N3O3S2. The predicted molar refractivity (Wildman–Crippen MR) is 136 cm³/mol. The zero-order valence-corrected chi connectivity index (χ0v) is 20.9. The van der Waals surface area contributed by atoms with E-state index in [4.69, 9.17) is 0 Å². The lowest BCUT2D eigenvalue weighted by Crippen LogP contribution is -2.38. The lowest BCUT2D eigenvalue weighted by molar-refractivity contribution is 0.0998. The van der Waals surface area contributed by atoms with Crippen molar-refractivity contribution >= 4 is 48.3 Å². The Morgan fingerprint density at radius 3 is 2.44 bits per heavy atom. The molecule has 3 aromatic carbocycles. The predicted octanol–water partition coefficient (Wildman–Crippen LogP) is 5.09. The third kappa shape index (κ3) is 4.10. The van der Waals surface area contributed by atoms with Gasteiger partial charge in [0.1, 0.15) is 0 Å². The van der Waals surface area contributed by atoms with E-state index in [1.165, 1.54) is 34.2 Å². The average Bonchev–Trinajstić information content (AvgIpc) is 3.19. The SMILES string of the molecule is CN(C1CCCCC1)S(=O)(=O)c1ccc(C(=O)N=c2sc3c4ccccc4ccc3n2C)cc1. The quantitative estimate of drug-likeness (QED) is 0.398. The van der Waals surface area contributed by atoms with Gasteiger partial charge in [-0.05, 0) is 48.6 Å². The summed E-state index contributed by atoms with van der Waals surface area (Å²) >= 11 is 1.48. The van der Waals surface area contributed by atoms with E-state index in [2.05, 4.69) is 23.2 Å². The van der Waals surface area contributed by atoms with Gasteiger partial charge in [-0.25, -0.2) is 8.42 Å². The molecule has 176 valence electrons. The van der Waals surface area contributed by atoms with Crippen LogP contribution < -0.4 is 4.80 Å². The molecule has 0 bridgehead atoms. The van der Waals surface area contributed by atoms with Crippen molar-refractivity contribution in [2.45, 2.75) is 43.0 Å². The topological polar surface area (TPSA) is 71.7 Å². The normalized spacial score (nSPS) is 16.0. The van der Waals surface area contributed by atoms with E-state index in [0.29, 0.717) is 10.4 Å². The molecule has 0 saturated heterocycles. The highest BCUT2D eigenvalue weighted by Gasteiger charge is 2.29. The first-order chi connectivity index (χ1) is 16.4. The summed E-state index contributed by atoms with van der Waals surface area (Å²) in [4.78, 5) is 18.1. The molecule has 0 unspecified atom stereocenters. The van der Waals surface area contributed by atoms with Crippen LogP contribution in [0.15, 0.2) is 70.6 Å². The molecule has 4 aromatic rings. The molecule has 1 amide bonds. The fourth-order valence-electron chi connectivity index (χ4n) is 4.69. The number of hydrogen-bond donors (Lipinski definition) is 0. The van der Waals surface area contributed by atoms with Crippen LogP contribution in [0.3, 0.4) is 0 Å². The summed E-state index contributed by atoms with van der Waals surface area (Å²) in [6, 6.07) is 18.4. The lowest BCUT2D eigenvalue weighted by Gasteiger charge is -2.30. The summed E-state index contributed by atoms with van der Waals surface area (Å²) in [5, 5.41) is 2.27. The van der Waals surface area contributed by atoms with E-state index in [0.717, 1.165) is 46.7 Å². The number of sulfonamides is 1. The molecule has 1 aliphatic carbocycles. The monoisotopic (exact) mass is 493 g/mol. The lowest BCUT2D eigenvalue weighted by atomic mass is 9.96. The van der Waals surface area contributed by atoms with Gasteiger partial charge in [-0.15, -0.1) is 0 Å². The molecule has 1 fully saturated rings. The number of benzene rings is 3. The standard InChI is InChI=1S/C26H27N3O3S2/c1-28-23-17-14-18-8-6-7-11-22(18)24(23)33-26(28)27-25(30)19-12-15-21(16-13-19)34(31,32)29(2)20-9-4-3-5-10-20/h6-8,11-17,20H,3-5,9-10H2,1-2H3. The van der Waals surface area contributed by atoms with Crippen LogP contribution in [0.2, 0.25) is 0 Å². The Hall–Kier alpha value is -2.81. The van der Waals surface area contributed by atoms with Crippen molar-refractivity contribution in [1.29, 1.82) is 0 Å². The second-order valence-electron chi connectivity index (χ2n) is 8.83. The van der Waals surface area contributed by atoms with Gasteiger partial charge in [0, 0.05) is 31.1 Å². The molecule has 1 heterocycles. The van der Waals surface area contributed by atoms with Gasteiger partial charge in [-0.1, -0.05) is 60.9 Å². The highest BCUT2D eigenvalue weighted by molar-refractivity contribution is 7.89. The molecule has 34 heavy (non-hydrogen) atoms. The molecule has 1 aromatic heterocycles. The highest BCUT2D eigenvalue weighted by atomic mass is 32.2. The second-order valence-corrected chi connectivity index (χ2v) is 11.8. The number of fused-ring (bicyclic) bond motifs is 3. The van der Waals surface area contributed by atoms with Crippen LogP contribution in [0.5, 0.6) is 0 Å². The van der Waals surface area contributed by atoms with Crippen LogP contribution >= 0.6 is 11.3 Å². The van der Waals surface area contributed by atoms with Gasteiger partial charge in [-0.2, -0.15) is 9.30 Å². The molecular weight excluding hydrogens is 466 g/mol. The minimum atomic E-state index is -3.60. The summed E-state index contributed by atoms with van der Waals surface area (Å²) in [5.41, 5.74) is 1.38. The average molecular weight is 494 g/mol. The van der Waals surface area contributed by atoms with Crippen LogP contribution in [0, 0.1) is 0 Å². The summed E-state index contributed by atoms with van der Waals surface area (Å²) in [7, 11) is -0.0385. The van der Waals surface area contributed by atoms with Gasteiger partial charge >= 0.3 is 0 Å². The molecule has 0 radical (unpaired) electrons. The fourth-order valence-corrected chi connectivity index (χ4v) is 7.26. The van der Waals surface area contributed by atoms with Gasteiger partial charge in [0.25, 0.3) is 5.91 Å². The van der Waals surface area contributed by atoms with E-state index in [1.54, 1.807) is 19.2 Å². The van der Waals surface area contributed by atoms with Gasteiger partial charge in [0.05, 0.1) is 15.1 Å². The number of thiazole rings is 1. The number of amides is 1. The summed E-state index contributed by atoms with van der Waals surface area (Å²) in [6.07, 6.45) is 5.08. The molecule has 0 spiro atoms. The van der Waals surface area contributed by atoms with Crippen LogP contribution in [0.1, 0.15) is 42.5 Å². The third-order valence-corrected chi connectivity index (χ3v) is 9.87. The van der Waals surface area contributed by atoms with Crippen molar-refractivity contribution in [2.75, 3.05) is 7.05 Å². The molecule has 1 aliphatic rings. The molecule has 0 aliphatic heterocycles. The van der Waals surface area contributed by atoms with Crippen molar-refractivity contribution in [1.82, 2.24) is 8.87 Å². The molecule has 8 heteroatoms. The Labute approximate surface area is 203 Å². The fraction of sp³-hybridized carbons (Fsp3) is 0.308. The van der Waals surface area contributed by atoms with Gasteiger partial charge in [0.15, 0.2) is 4.80 Å². The second kappa shape index (κ2) is 9.09. The van der Waals surface area contributed by atoms with Crippen LogP contribution in [-0.2, 0) is 17.1 Å². The Bertz CT molecular complexity index is 1540. The Morgan fingerprint density at radius 2 is 1.71 bits per heavy atom. The molecule has 0 N–H and O–H groups in total. The number of aryl methyl sites for hydroxylation is 1. The minimum Gasteiger partial charge on any atom is -0.319 e. The first-order valence-electron chi connectivity index (χ1n) is 11.5. The minimum absolute atomic E-state index is 0.0408. The molecule has 6 nitrogen and oxygen atoms in total. The van der Waals surface area contributed by atoms with E-state index in [-0.39, 0.29) is 10.9 Å². The smallest absolute Gasteiger partial charge is 0.279 e. The molecule has 5 rings (SSSR count). The van der Waals surface area contributed by atoms with E-state index < -0.39 is 15.9 Å². The number of nitrogens with zero attached hydrogens (tertiary/aromatic N) is 3. The maximum atomic E-state index is 13.1. The van der Waals surface area contributed by atoms with Crippen molar-refractivity contribution < 1.29 is 13.2 Å². The van der Waals surface area contributed by atoms with E-state index in [9.17, 15) is 13.2 Å². The van der Waals surface area contributed by atoms with Crippen LogP contribution in [-0.4, -0.2) is 36.3 Å². The summed E-state index contributed by atoms with van der Waals surface area (Å²) < 4.78 is 30.6. The van der Waals surface area contributed by atoms with Gasteiger partial charge < -0.3 is 4.57 Å². The maximum absolute atomic E-state index is 13.1. The van der Waals surface area contributed by atoms with Crippen molar-refractivity contribution in [3.05, 3.63) is 71.0 Å². The van der Waals surface area contributed by atoms with Crippen LogP contribution in [0.4, 0.5) is 0 Å². The van der Waals surface area contributed by atoms with Gasteiger partial charge in [0.2, 0.25) is 10.0 Å². The highest BCUT2D eigenvalue weighted by Crippen LogP contribution is 2.28. The number of rotatable bonds is 4. The zero-order valence-electron chi connectivity index (χ0n) is 19.3. The third-order valence-electron chi connectivity index (χ3n) is 6.76. The van der Waals surface area contributed by atoms with Crippen molar-refractivity contribution in [2.24, 2.45) is 12.0 Å². The van der Waals surface area contributed by atoms with Crippen molar-refractivity contribution in [3.8, 4) is 0 Å². The zero-order chi connectivity index (χ0) is 23.9. The van der Waals surface area contributed by atoms with E-state index >= 15 is 0 Å². The largest absolute Gasteiger partial charge is 0.319 e. The molecule has 1 saturated carbocycles. The number of aromatic nitrogens is 1. The number of carbonyl (C=O) groups is 1. The Morgan fingerprint density at radius 1 is 1.00 bits per heavy atom. The Balaban J connectivity index is 1.44. The Kier molecular flexibility index (Phi) is 6.14. The van der Waals surface area contributed by atoms with E-state index in [1.807, 2.05) is 29.8 Å². The van der Waals surface area contributed by atoms with Crippen molar-refractivity contribution in [3.63, 3.8) is 0 Å². The first-order valence-corrected chi connectivity index (χ1v) is 13.8. The summed E-state index contributed by atoms with van der Waals surface area (Å²) in [6.45, 7) is 0. The molecule has 0 atom stereocenters. The summed E-state index contributed by atoms with van der Waals surface area (Å²) in [5.74, 6) is -0.393. The first kappa shape index (κ1) is 23.0. The van der Waals surface area contributed by atoms with Crippen LogP contribution in [0.25, 0.3) is 21.0 Å².